The Hall–Kier alpha value is -0.370. The van der Waals surface area contributed by atoms with Crippen molar-refractivity contribution in [3.8, 4) is 0 Å². The SMILES string of the molecule is CCCC(C)CC(=O)C1(N(C)C)CCC(C)CC1. The van der Waals surface area contributed by atoms with E-state index < -0.39 is 0 Å². The molecule has 0 amide bonds. The number of hydrogen-bond acceptors (Lipinski definition) is 2. The Bertz CT molecular complexity index is 264. The maximum absolute atomic E-state index is 12.7. The zero-order valence-corrected chi connectivity index (χ0v) is 13.0. The second-order valence-corrected chi connectivity index (χ2v) is 6.63. The van der Waals surface area contributed by atoms with E-state index >= 15 is 0 Å². The van der Waals surface area contributed by atoms with Crippen LogP contribution in [0.2, 0.25) is 0 Å². The number of carbonyl (C=O) groups is 1. The fourth-order valence-corrected chi connectivity index (χ4v) is 3.32. The molecule has 2 nitrogen and oxygen atoms in total. The molecule has 1 aliphatic rings. The van der Waals surface area contributed by atoms with E-state index in [1.54, 1.807) is 0 Å². The quantitative estimate of drug-likeness (QED) is 0.715. The zero-order valence-electron chi connectivity index (χ0n) is 13.0. The van der Waals surface area contributed by atoms with Crippen molar-refractivity contribution < 1.29 is 4.79 Å². The average molecular weight is 253 g/mol. The number of nitrogens with zero attached hydrogens (tertiary/aromatic N) is 1. The van der Waals surface area contributed by atoms with Crippen LogP contribution in [0, 0.1) is 11.8 Å². The summed E-state index contributed by atoms with van der Waals surface area (Å²) in [6.45, 7) is 6.73. The summed E-state index contributed by atoms with van der Waals surface area (Å²) in [5.41, 5.74) is -0.158. The van der Waals surface area contributed by atoms with Gasteiger partial charge in [-0.1, -0.05) is 33.6 Å². The van der Waals surface area contributed by atoms with Crippen LogP contribution in [0.5, 0.6) is 0 Å². The van der Waals surface area contributed by atoms with Gasteiger partial charge in [0.05, 0.1) is 5.54 Å². The van der Waals surface area contributed by atoms with E-state index in [1.807, 2.05) is 0 Å². The highest BCUT2D eigenvalue weighted by atomic mass is 16.1. The van der Waals surface area contributed by atoms with Crippen LogP contribution in [-0.2, 0) is 4.79 Å². The van der Waals surface area contributed by atoms with Gasteiger partial charge < -0.3 is 0 Å². The van der Waals surface area contributed by atoms with Crippen LogP contribution in [0.4, 0.5) is 0 Å². The summed E-state index contributed by atoms with van der Waals surface area (Å²) in [7, 11) is 4.16. The Morgan fingerprint density at radius 2 is 1.89 bits per heavy atom. The summed E-state index contributed by atoms with van der Waals surface area (Å²) in [4.78, 5) is 14.9. The molecule has 0 saturated heterocycles. The lowest BCUT2D eigenvalue weighted by atomic mass is 9.72. The number of likely N-dealkylation sites (N-methyl/N-ethyl adjacent to an activating group) is 1. The number of rotatable bonds is 6. The molecule has 1 fully saturated rings. The molecule has 0 N–H and O–H groups in total. The van der Waals surface area contributed by atoms with Crippen LogP contribution in [0.1, 0.15) is 65.7 Å². The van der Waals surface area contributed by atoms with Gasteiger partial charge in [0.1, 0.15) is 0 Å². The summed E-state index contributed by atoms with van der Waals surface area (Å²) in [5, 5.41) is 0. The van der Waals surface area contributed by atoms with Crippen molar-refractivity contribution in [2.45, 2.75) is 71.3 Å². The molecule has 2 heteroatoms. The first-order valence-corrected chi connectivity index (χ1v) is 7.63. The van der Waals surface area contributed by atoms with Crippen LogP contribution in [0.15, 0.2) is 0 Å². The van der Waals surface area contributed by atoms with E-state index in [4.69, 9.17) is 0 Å². The molecule has 1 unspecified atom stereocenters. The van der Waals surface area contributed by atoms with Gasteiger partial charge in [0.2, 0.25) is 0 Å². The Kier molecular flexibility index (Phi) is 5.84. The molecular weight excluding hydrogens is 222 g/mol. The lowest BCUT2D eigenvalue weighted by Gasteiger charge is -2.43. The van der Waals surface area contributed by atoms with Gasteiger partial charge >= 0.3 is 0 Å². The summed E-state index contributed by atoms with van der Waals surface area (Å²) in [6.07, 6.45) is 7.63. The summed E-state index contributed by atoms with van der Waals surface area (Å²) in [5.74, 6) is 1.82. The first-order chi connectivity index (χ1) is 8.42. The fourth-order valence-electron chi connectivity index (χ4n) is 3.32. The molecule has 0 aliphatic heterocycles. The second kappa shape index (κ2) is 6.70. The van der Waals surface area contributed by atoms with Gasteiger partial charge in [-0.25, -0.2) is 0 Å². The maximum Gasteiger partial charge on any atom is 0.153 e. The number of carbonyl (C=O) groups excluding carboxylic acids is 1. The predicted octanol–water partition coefficient (Wildman–Crippen LogP) is 3.89. The Balaban J connectivity index is 2.69. The van der Waals surface area contributed by atoms with Gasteiger partial charge in [-0.15, -0.1) is 0 Å². The highest BCUT2D eigenvalue weighted by Gasteiger charge is 2.42. The van der Waals surface area contributed by atoms with Gasteiger partial charge in [0.15, 0.2) is 5.78 Å². The first-order valence-electron chi connectivity index (χ1n) is 7.63. The largest absolute Gasteiger partial charge is 0.298 e. The van der Waals surface area contributed by atoms with Crippen LogP contribution in [-0.4, -0.2) is 30.3 Å². The smallest absolute Gasteiger partial charge is 0.153 e. The van der Waals surface area contributed by atoms with E-state index in [-0.39, 0.29) is 5.54 Å². The highest BCUT2D eigenvalue weighted by Crippen LogP contribution is 2.37. The Labute approximate surface area is 113 Å². The predicted molar refractivity (Wildman–Crippen MR) is 77.7 cm³/mol. The average Bonchev–Trinajstić information content (AvgIpc) is 2.29. The third-order valence-corrected chi connectivity index (χ3v) is 4.79. The fraction of sp³-hybridized carbons (Fsp3) is 0.938. The third-order valence-electron chi connectivity index (χ3n) is 4.79. The first kappa shape index (κ1) is 15.7. The van der Waals surface area contributed by atoms with Gasteiger partial charge in [-0.2, -0.15) is 0 Å². The minimum atomic E-state index is -0.158. The lowest BCUT2D eigenvalue weighted by molar-refractivity contribution is -0.133. The highest BCUT2D eigenvalue weighted by molar-refractivity contribution is 5.88. The zero-order chi connectivity index (χ0) is 13.8. The molecule has 1 rings (SSSR count). The van der Waals surface area contributed by atoms with E-state index in [0.717, 1.165) is 25.2 Å². The molecule has 0 radical (unpaired) electrons. The standard InChI is InChI=1S/C16H31NO/c1-6-7-14(3)12-15(18)16(17(4)5)10-8-13(2)9-11-16/h13-14H,6-12H2,1-5H3. The number of hydrogen-bond donors (Lipinski definition) is 0. The Morgan fingerprint density at radius 1 is 1.33 bits per heavy atom. The van der Waals surface area contributed by atoms with Crippen LogP contribution in [0.3, 0.4) is 0 Å². The number of ketones is 1. The van der Waals surface area contributed by atoms with Crippen molar-refractivity contribution in [2.24, 2.45) is 11.8 Å². The topological polar surface area (TPSA) is 20.3 Å². The normalized spacial score (nSPS) is 30.4. The minimum absolute atomic E-state index is 0.158. The summed E-state index contributed by atoms with van der Waals surface area (Å²) in [6, 6.07) is 0. The molecule has 0 spiro atoms. The van der Waals surface area contributed by atoms with Gasteiger partial charge in [-0.05, 0) is 51.6 Å². The molecule has 1 atom stereocenters. The molecule has 106 valence electrons. The van der Waals surface area contributed by atoms with Crippen LogP contribution < -0.4 is 0 Å². The molecular formula is C16H31NO. The van der Waals surface area contributed by atoms with Crippen molar-refractivity contribution in [2.75, 3.05) is 14.1 Å². The molecule has 1 aliphatic carbocycles. The Morgan fingerprint density at radius 3 is 2.33 bits per heavy atom. The summed E-state index contributed by atoms with van der Waals surface area (Å²) < 4.78 is 0. The third kappa shape index (κ3) is 3.57. The molecule has 18 heavy (non-hydrogen) atoms. The molecule has 0 aromatic rings. The summed E-state index contributed by atoms with van der Waals surface area (Å²) >= 11 is 0. The second-order valence-electron chi connectivity index (χ2n) is 6.63. The van der Waals surface area contributed by atoms with Crippen LogP contribution in [0.25, 0.3) is 0 Å². The van der Waals surface area contributed by atoms with Crippen molar-refractivity contribution in [1.29, 1.82) is 0 Å². The van der Waals surface area contributed by atoms with E-state index in [9.17, 15) is 4.79 Å². The molecule has 1 saturated carbocycles. The maximum atomic E-state index is 12.7. The van der Waals surface area contributed by atoms with Gasteiger partial charge in [0.25, 0.3) is 0 Å². The molecule has 0 aromatic heterocycles. The molecule has 0 aromatic carbocycles. The lowest BCUT2D eigenvalue weighted by Crippen LogP contribution is -2.53. The van der Waals surface area contributed by atoms with Gasteiger partial charge in [0, 0.05) is 6.42 Å². The van der Waals surface area contributed by atoms with E-state index in [1.165, 1.54) is 25.7 Å². The van der Waals surface area contributed by atoms with Crippen molar-refractivity contribution in [3.05, 3.63) is 0 Å². The van der Waals surface area contributed by atoms with E-state index in [2.05, 4.69) is 39.8 Å². The van der Waals surface area contributed by atoms with E-state index in [0.29, 0.717) is 11.7 Å². The van der Waals surface area contributed by atoms with Gasteiger partial charge in [-0.3, -0.25) is 9.69 Å². The molecule has 0 heterocycles. The minimum Gasteiger partial charge on any atom is -0.298 e. The van der Waals surface area contributed by atoms with Crippen molar-refractivity contribution in [1.82, 2.24) is 4.90 Å². The van der Waals surface area contributed by atoms with Crippen LogP contribution >= 0.6 is 0 Å². The number of Topliss-reactive ketones (excluding diaryl/α,β-unsaturated/α-hetero) is 1. The van der Waals surface area contributed by atoms with Crippen molar-refractivity contribution >= 4 is 5.78 Å². The molecule has 0 bridgehead atoms. The van der Waals surface area contributed by atoms with Crippen molar-refractivity contribution in [3.63, 3.8) is 0 Å². The monoisotopic (exact) mass is 253 g/mol.